The zero-order chi connectivity index (χ0) is 10.6. The molecule has 2 aliphatic rings. The Balaban J connectivity index is 2.26. The molecule has 1 aliphatic heterocycles. The van der Waals surface area contributed by atoms with Crippen molar-refractivity contribution in [2.24, 2.45) is 5.92 Å². The van der Waals surface area contributed by atoms with Gasteiger partial charge in [0.15, 0.2) is 0 Å². The largest absolute Gasteiger partial charge is 0.296 e. The van der Waals surface area contributed by atoms with E-state index in [1.54, 1.807) is 5.57 Å². The van der Waals surface area contributed by atoms with Crippen molar-refractivity contribution in [3.8, 4) is 0 Å². The van der Waals surface area contributed by atoms with Gasteiger partial charge in [0.25, 0.3) is 0 Å². The standard InChI is InChI=1S/C14H17N/c1-9-6-4-5-7-11(9)14-10(2)15(3)13-8-12(13)14/h4-7,10,12-13H,1,8H2,2-3H3/b14-11+. The molecule has 0 spiro atoms. The SMILES string of the molecule is C=c1cccc/c1=C1\C2CC2N(C)C1C. The van der Waals surface area contributed by atoms with E-state index < -0.39 is 0 Å². The second kappa shape index (κ2) is 2.96. The highest BCUT2D eigenvalue weighted by Gasteiger charge is 2.52. The molecule has 0 bridgehead atoms. The predicted molar refractivity (Wildman–Crippen MR) is 63.7 cm³/mol. The molecule has 0 radical (unpaired) electrons. The summed E-state index contributed by atoms with van der Waals surface area (Å²) in [6, 6.07) is 9.94. The van der Waals surface area contributed by atoms with E-state index in [0.717, 1.165) is 12.0 Å². The summed E-state index contributed by atoms with van der Waals surface area (Å²) in [5, 5.41) is 2.57. The Hall–Kier alpha value is -1.08. The topological polar surface area (TPSA) is 3.24 Å². The number of rotatable bonds is 0. The van der Waals surface area contributed by atoms with E-state index in [9.17, 15) is 0 Å². The van der Waals surface area contributed by atoms with Crippen LogP contribution in [0.15, 0.2) is 24.3 Å². The van der Waals surface area contributed by atoms with E-state index in [0.29, 0.717) is 6.04 Å². The second-order valence-corrected chi connectivity index (χ2v) is 4.86. The van der Waals surface area contributed by atoms with Gasteiger partial charge >= 0.3 is 0 Å². The lowest BCUT2D eigenvalue weighted by atomic mass is 10.0. The fourth-order valence-electron chi connectivity index (χ4n) is 3.01. The molecule has 1 aromatic rings. The number of hydrogen-bond donors (Lipinski definition) is 0. The molecule has 1 heteroatoms. The van der Waals surface area contributed by atoms with Crippen LogP contribution in [0.4, 0.5) is 0 Å². The molecular formula is C14H17N. The maximum absolute atomic E-state index is 4.14. The first-order valence-electron chi connectivity index (χ1n) is 5.70. The van der Waals surface area contributed by atoms with Crippen LogP contribution >= 0.6 is 0 Å². The summed E-state index contributed by atoms with van der Waals surface area (Å²) in [4.78, 5) is 2.51. The number of nitrogens with zero attached hydrogens (tertiary/aromatic N) is 1. The summed E-state index contributed by atoms with van der Waals surface area (Å²) in [7, 11) is 2.24. The van der Waals surface area contributed by atoms with Crippen molar-refractivity contribution in [2.75, 3.05) is 7.05 Å². The molecule has 2 fully saturated rings. The molecule has 0 N–H and O–H groups in total. The van der Waals surface area contributed by atoms with Gasteiger partial charge in [0, 0.05) is 12.1 Å². The van der Waals surface area contributed by atoms with E-state index in [1.165, 1.54) is 16.9 Å². The van der Waals surface area contributed by atoms with E-state index in [2.05, 4.69) is 49.7 Å². The van der Waals surface area contributed by atoms with Crippen molar-refractivity contribution >= 4 is 12.2 Å². The third-order valence-electron chi connectivity index (χ3n) is 4.07. The number of benzene rings is 1. The molecule has 1 nitrogen and oxygen atoms in total. The highest BCUT2D eigenvalue weighted by atomic mass is 15.2. The van der Waals surface area contributed by atoms with Gasteiger partial charge in [0.05, 0.1) is 0 Å². The highest BCUT2D eigenvalue weighted by Crippen LogP contribution is 2.50. The molecule has 1 saturated carbocycles. The summed E-state index contributed by atoms with van der Waals surface area (Å²) in [6.07, 6.45) is 1.35. The summed E-state index contributed by atoms with van der Waals surface area (Å²) < 4.78 is 0. The van der Waals surface area contributed by atoms with Crippen LogP contribution in [0.2, 0.25) is 0 Å². The summed E-state index contributed by atoms with van der Waals surface area (Å²) in [6.45, 7) is 6.45. The van der Waals surface area contributed by atoms with E-state index in [-0.39, 0.29) is 0 Å². The predicted octanol–water partition coefficient (Wildman–Crippen LogP) is 0.970. The zero-order valence-electron chi connectivity index (χ0n) is 9.40. The molecule has 3 atom stereocenters. The Morgan fingerprint density at radius 1 is 1.33 bits per heavy atom. The molecular weight excluding hydrogens is 182 g/mol. The van der Waals surface area contributed by atoms with Gasteiger partial charge < -0.3 is 0 Å². The van der Waals surface area contributed by atoms with Gasteiger partial charge in [-0.3, -0.25) is 4.90 Å². The maximum atomic E-state index is 4.14. The Morgan fingerprint density at radius 3 is 2.67 bits per heavy atom. The van der Waals surface area contributed by atoms with Gasteiger partial charge in [0.1, 0.15) is 0 Å². The molecule has 1 saturated heterocycles. The fraction of sp³-hybridized carbons (Fsp3) is 0.429. The zero-order valence-corrected chi connectivity index (χ0v) is 9.40. The maximum Gasteiger partial charge on any atom is 0.0291 e. The lowest BCUT2D eigenvalue weighted by molar-refractivity contribution is 0.316. The van der Waals surface area contributed by atoms with Gasteiger partial charge in [-0.2, -0.15) is 0 Å². The Morgan fingerprint density at radius 2 is 2.07 bits per heavy atom. The van der Waals surface area contributed by atoms with Crippen LogP contribution in [0, 0.1) is 5.92 Å². The molecule has 0 amide bonds. The van der Waals surface area contributed by atoms with Crippen molar-refractivity contribution < 1.29 is 0 Å². The lowest BCUT2D eigenvalue weighted by Crippen LogP contribution is -2.33. The first-order valence-corrected chi connectivity index (χ1v) is 5.70. The van der Waals surface area contributed by atoms with E-state index in [1.807, 2.05) is 0 Å². The third kappa shape index (κ3) is 1.19. The number of fused-ring (bicyclic) bond motifs is 1. The fourth-order valence-corrected chi connectivity index (χ4v) is 3.01. The monoisotopic (exact) mass is 199 g/mol. The summed E-state index contributed by atoms with van der Waals surface area (Å²) in [5.74, 6) is 0.813. The van der Waals surface area contributed by atoms with Crippen LogP contribution in [-0.4, -0.2) is 24.0 Å². The molecule has 78 valence electrons. The minimum atomic E-state index is 0.594. The van der Waals surface area contributed by atoms with Crippen LogP contribution in [0.1, 0.15) is 13.3 Å². The van der Waals surface area contributed by atoms with Crippen molar-refractivity contribution in [3.63, 3.8) is 0 Å². The first kappa shape index (κ1) is 9.17. The van der Waals surface area contributed by atoms with Crippen LogP contribution in [0.25, 0.3) is 12.2 Å². The van der Waals surface area contributed by atoms with Gasteiger partial charge in [-0.15, -0.1) is 0 Å². The number of likely N-dealkylation sites (tertiary alicyclic amines) is 1. The van der Waals surface area contributed by atoms with Crippen molar-refractivity contribution in [1.29, 1.82) is 0 Å². The first-order chi connectivity index (χ1) is 7.20. The normalized spacial score (nSPS) is 37.9. The van der Waals surface area contributed by atoms with Crippen molar-refractivity contribution in [2.45, 2.75) is 25.4 Å². The average Bonchev–Trinajstić information content (AvgIpc) is 2.95. The molecule has 1 heterocycles. The van der Waals surface area contributed by atoms with Crippen molar-refractivity contribution in [3.05, 3.63) is 34.7 Å². The quantitative estimate of drug-likeness (QED) is 0.602. The Labute approximate surface area is 90.7 Å². The Kier molecular flexibility index (Phi) is 1.81. The number of hydrogen-bond acceptors (Lipinski definition) is 1. The number of piperidine rings is 1. The third-order valence-corrected chi connectivity index (χ3v) is 4.07. The van der Waals surface area contributed by atoms with Crippen LogP contribution in [-0.2, 0) is 0 Å². The molecule has 3 rings (SSSR count). The van der Waals surface area contributed by atoms with Crippen LogP contribution in [0.3, 0.4) is 0 Å². The van der Waals surface area contributed by atoms with E-state index in [4.69, 9.17) is 0 Å². The smallest absolute Gasteiger partial charge is 0.0291 e. The lowest BCUT2D eigenvalue weighted by Gasteiger charge is -2.19. The molecule has 1 aliphatic carbocycles. The molecule has 0 aromatic heterocycles. The van der Waals surface area contributed by atoms with Gasteiger partial charge in [-0.25, -0.2) is 0 Å². The van der Waals surface area contributed by atoms with Gasteiger partial charge in [-0.1, -0.05) is 30.8 Å². The molecule has 15 heavy (non-hydrogen) atoms. The van der Waals surface area contributed by atoms with Crippen molar-refractivity contribution in [1.82, 2.24) is 4.90 Å². The van der Waals surface area contributed by atoms with Gasteiger partial charge in [-0.05, 0) is 42.3 Å². The highest BCUT2D eigenvalue weighted by molar-refractivity contribution is 5.61. The van der Waals surface area contributed by atoms with Gasteiger partial charge in [0.2, 0.25) is 0 Å². The molecule has 1 aromatic carbocycles. The average molecular weight is 199 g/mol. The summed E-state index contributed by atoms with van der Waals surface area (Å²) >= 11 is 0. The minimum Gasteiger partial charge on any atom is -0.296 e. The summed E-state index contributed by atoms with van der Waals surface area (Å²) in [5.41, 5.74) is 1.62. The Bertz CT molecular complexity index is 502. The second-order valence-electron chi connectivity index (χ2n) is 4.86. The molecule has 3 unspecified atom stereocenters. The minimum absolute atomic E-state index is 0.594. The van der Waals surface area contributed by atoms with Crippen LogP contribution in [0.5, 0.6) is 0 Å². The van der Waals surface area contributed by atoms with Crippen LogP contribution < -0.4 is 10.4 Å². The van der Waals surface area contributed by atoms with E-state index >= 15 is 0 Å².